The predicted molar refractivity (Wildman–Crippen MR) is 68.7 cm³/mol. The molecular weight excluding hydrogens is 210 g/mol. The number of aryl methyl sites for hydroxylation is 2. The zero-order valence-corrected chi connectivity index (χ0v) is 9.88. The fourth-order valence-corrected chi connectivity index (χ4v) is 2.13. The molecule has 3 nitrogen and oxygen atoms in total. The van der Waals surface area contributed by atoms with E-state index in [9.17, 15) is 0 Å². The lowest BCUT2D eigenvalue weighted by Crippen LogP contribution is -1.91. The van der Waals surface area contributed by atoms with E-state index in [1.54, 1.807) is 6.20 Å². The van der Waals surface area contributed by atoms with Gasteiger partial charge in [0.15, 0.2) is 5.65 Å². The van der Waals surface area contributed by atoms with Crippen molar-refractivity contribution in [1.82, 2.24) is 14.8 Å². The van der Waals surface area contributed by atoms with Crippen LogP contribution in [0, 0.1) is 6.92 Å². The van der Waals surface area contributed by atoms with Crippen LogP contribution in [0.25, 0.3) is 22.3 Å². The van der Waals surface area contributed by atoms with Crippen LogP contribution in [0.5, 0.6) is 0 Å². The Morgan fingerprint density at radius 1 is 1.06 bits per heavy atom. The lowest BCUT2D eigenvalue weighted by molar-refractivity contribution is 0.789. The second-order valence-corrected chi connectivity index (χ2v) is 4.16. The summed E-state index contributed by atoms with van der Waals surface area (Å²) in [5.74, 6) is 0. The monoisotopic (exact) mass is 223 g/mol. The molecule has 0 spiro atoms. The maximum Gasteiger partial charge on any atom is 0.158 e. The van der Waals surface area contributed by atoms with Gasteiger partial charge in [-0.15, -0.1) is 0 Å². The Morgan fingerprint density at radius 3 is 2.71 bits per heavy atom. The molecule has 0 aliphatic carbocycles. The minimum atomic E-state index is 0.922. The number of pyridine rings is 1. The molecule has 0 radical (unpaired) electrons. The van der Waals surface area contributed by atoms with Crippen molar-refractivity contribution in [2.75, 3.05) is 0 Å². The highest BCUT2D eigenvalue weighted by Crippen LogP contribution is 2.28. The van der Waals surface area contributed by atoms with Gasteiger partial charge in [-0.2, -0.15) is 5.10 Å². The van der Waals surface area contributed by atoms with E-state index < -0.39 is 0 Å². The number of rotatable bonds is 1. The third-order valence-corrected chi connectivity index (χ3v) is 3.00. The van der Waals surface area contributed by atoms with Crippen LogP contribution in [0.3, 0.4) is 0 Å². The number of hydrogen-bond donors (Lipinski definition) is 0. The fourth-order valence-electron chi connectivity index (χ4n) is 2.13. The Bertz CT molecular complexity index is 683. The highest BCUT2D eigenvalue weighted by Gasteiger charge is 2.11. The van der Waals surface area contributed by atoms with Gasteiger partial charge in [0.25, 0.3) is 0 Å². The summed E-state index contributed by atoms with van der Waals surface area (Å²) < 4.78 is 1.83. The van der Waals surface area contributed by atoms with Gasteiger partial charge in [0.05, 0.1) is 0 Å². The standard InChI is InChI=1S/C14H13N3/c1-10-6-3-4-7-11(10)13-12-8-5-9-15-14(12)17(2)16-13/h3-9H,1-2H3. The maximum atomic E-state index is 4.58. The summed E-state index contributed by atoms with van der Waals surface area (Å²) in [6.45, 7) is 2.10. The van der Waals surface area contributed by atoms with Crippen molar-refractivity contribution in [3.63, 3.8) is 0 Å². The molecule has 0 saturated heterocycles. The third-order valence-electron chi connectivity index (χ3n) is 3.00. The van der Waals surface area contributed by atoms with E-state index >= 15 is 0 Å². The van der Waals surface area contributed by atoms with Crippen molar-refractivity contribution in [3.05, 3.63) is 48.2 Å². The highest BCUT2D eigenvalue weighted by molar-refractivity contribution is 5.91. The first-order chi connectivity index (χ1) is 8.27. The van der Waals surface area contributed by atoms with Crippen molar-refractivity contribution >= 4 is 11.0 Å². The van der Waals surface area contributed by atoms with Crippen LogP contribution in [0.4, 0.5) is 0 Å². The van der Waals surface area contributed by atoms with Crippen LogP contribution >= 0.6 is 0 Å². The van der Waals surface area contributed by atoms with Gasteiger partial charge >= 0.3 is 0 Å². The second kappa shape index (κ2) is 3.70. The van der Waals surface area contributed by atoms with E-state index in [-0.39, 0.29) is 0 Å². The zero-order chi connectivity index (χ0) is 11.8. The molecule has 0 saturated carbocycles. The number of fused-ring (bicyclic) bond motifs is 1. The Labute approximate surface area is 99.7 Å². The van der Waals surface area contributed by atoms with Crippen LogP contribution < -0.4 is 0 Å². The molecule has 84 valence electrons. The molecule has 0 unspecified atom stereocenters. The normalized spacial score (nSPS) is 10.9. The average Bonchev–Trinajstić information content (AvgIpc) is 2.68. The van der Waals surface area contributed by atoms with Crippen LogP contribution in [-0.2, 0) is 7.05 Å². The summed E-state index contributed by atoms with van der Waals surface area (Å²) in [6.07, 6.45) is 1.80. The molecule has 3 rings (SSSR count). The van der Waals surface area contributed by atoms with Gasteiger partial charge in [-0.25, -0.2) is 9.67 Å². The minimum absolute atomic E-state index is 0.922. The molecule has 0 amide bonds. The molecular formula is C14H13N3. The van der Waals surface area contributed by atoms with Gasteiger partial charge in [-0.05, 0) is 24.6 Å². The number of aromatic nitrogens is 3. The van der Waals surface area contributed by atoms with Crippen molar-refractivity contribution < 1.29 is 0 Å². The van der Waals surface area contributed by atoms with Crippen molar-refractivity contribution in [2.24, 2.45) is 7.05 Å². The first kappa shape index (κ1) is 10.0. The van der Waals surface area contributed by atoms with Gasteiger partial charge in [0.1, 0.15) is 5.69 Å². The van der Waals surface area contributed by atoms with Crippen LogP contribution in [0.2, 0.25) is 0 Å². The van der Waals surface area contributed by atoms with Gasteiger partial charge in [0.2, 0.25) is 0 Å². The van der Waals surface area contributed by atoms with Crippen molar-refractivity contribution in [1.29, 1.82) is 0 Å². The Hall–Kier alpha value is -2.16. The average molecular weight is 223 g/mol. The first-order valence-electron chi connectivity index (χ1n) is 5.61. The maximum absolute atomic E-state index is 4.58. The molecule has 0 aliphatic rings. The summed E-state index contributed by atoms with van der Waals surface area (Å²) >= 11 is 0. The molecule has 17 heavy (non-hydrogen) atoms. The van der Waals surface area contributed by atoms with Crippen molar-refractivity contribution in [3.8, 4) is 11.3 Å². The van der Waals surface area contributed by atoms with E-state index in [2.05, 4.69) is 35.2 Å². The minimum Gasteiger partial charge on any atom is -0.250 e. The van der Waals surface area contributed by atoms with E-state index in [1.165, 1.54) is 11.1 Å². The molecule has 2 heterocycles. The second-order valence-electron chi connectivity index (χ2n) is 4.16. The highest BCUT2D eigenvalue weighted by atomic mass is 15.3. The Morgan fingerprint density at radius 2 is 1.88 bits per heavy atom. The van der Waals surface area contributed by atoms with Gasteiger partial charge in [-0.3, -0.25) is 0 Å². The molecule has 0 bridgehead atoms. The lowest BCUT2D eigenvalue weighted by Gasteiger charge is -2.01. The smallest absolute Gasteiger partial charge is 0.158 e. The zero-order valence-electron chi connectivity index (χ0n) is 9.88. The summed E-state index contributed by atoms with van der Waals surface area (Å²) in [4.78, 5) is 4.36. The van der Waals surface area contributed by atoms with Gasteiger partial charge in [-0.1, -0.05) is 24.3 Å². The number of benzene rings is 1. The quantitative estimate of drug-likeness (QED) is 0.635. The van der Waals surface area contributed by atoms with E-state index in [1.807, 2.05) is 29.9 Å². The fraction of sp³-hybridized carbons (Fsp3) is 0.143. The Balaban J connectivity index is 2.35. The van der Waals surface area contributed by atoms with Gasteiger partial charge in [0, 0.05) is 24.2 Å². The number of nitrogens with zero attached hydrogens (tertiary/aromatic N) is 3. The largest absolute Gasteiger partial charge is 0.250 e. The molecule has 0 fully saturated rings. The van der Waals surface area contributed by atoms with Gasteiger partial charge < -0.3 is 0 Å². The summed E-state index contributed by atoms with van der Waals surface area (Å²) in [5, 5.41) is 5.68. The summed E-state index contributed by atoms with van der Waals surface area (Å²) in [6, 6.07) is 12.3. The third kappa shape index (κ3) is 1.51. The Kier molecular flexibility index (Phi) is 2.18. The van der Waals surface area contributed by atoms with E-state index in [4.69, 9.17) is 0 Å². The molecule has 0 atom stereocenters. The molecule has 0 N–H and O–H groups in total. The van der Waals surface area contributed by atoms with Crippen LogP contribution in [0.1, 0.15) is 5.56 Å². The summed E-state index contributed by atoms with van der Waals surface area (Å²) in [7, 11) is 1.93. The van der Waals surface area contributed by atoms with Crippen molar-refractivity contribution in [2.45, 2.75) is 6.92 Å². The number of hydrogen-bond acceptors (Lipinski definition) is 2. The lowest BCUT2D eigenvalue weighted by atomic mass is 10.0. The molecule has 3 aromatic rings. The SMILES string of the molecule is Cc1ccccc1-c1nn(C)c2ncccc12. The van der Waals surface area contributed by atoms with Crippen LogP contribution in [0.15, 0.2) is 42.6 Å². The van der Waals surface area contributed by atoms with E-state index in [0.717, 1.165) is 16.7 Å². The van der Waals surface area contributed by atoms with Crippen LogP contribution in [-0.4, -0.2) is 14.8 Å². The predicted octanol–water partition coefficient (Wildman–Crippen LogP) is 2.94. The molecule has 2 aromatic heterocycles. The molecule has 0 aliphatic heterocycles. The van der Waals surface area contributed by atoms with E-state index in [0.29, 0.717) is 0 Å². The summed E-state index contributed by atoms with van der Waals surface area (Å²) in [5.41, 5.74) is 4.34. The first-order valence-corrected chi connectivity index (χ1v) is 5.61. The molecule has 3 heteroatoms. The topological polar surface area (TPSA) is 30.7 Å². The molecule has 1 aromatic carbocycles.